The SMILES string of the molecule is Cc1ccccc1SCCc1nc2ccc(N)cc2[nH]1. The van der Waals surface area contributed by atoms with Gasteiger partial charge in [0.25, 0.3) is 0 Å². The van der Waals surface area contributed by atoms with Crippen molar-refractivity contribution in [3.63, 3.8) is 0 Å². The Hall–Kier alpha value is -1.94. The number of rotatable bonds is 4. The molecule has 0 saturated heterocycles. The predicted octanol–water partition coefficient (Wildman–Crippen LogP) is 3.79. The van der Waals surface area contributed by atoms with Gasteiger partial charge in [-0.2, -0.15) is 0 Å². The summed E-state index contributed by atoms with van der Waals surface area (Å²) in [5.41, 5.74) is 9.86. The Bertz CT molecular complexity index is 733. The Balaban J connectivity index is 1.67. The number of aromatic amines is 1. The number of imidazole rings is 1. The van der Waals surface area contributed by atoms with Crippen molar-refractivity contribution in [2.24, 2.45) is 0 Å². The van der Waals surface area contributed by atoms with E-state index in [-0.39, 0.29) is 0 Å². The molecule has 0 saturated carbocycles. The monoisotopic (exact) mass is 283 g/mol. The molecule has 4 heteroatoms. The highest BCUT2D eigenvalue weighted by Gasteiger charge is 2.04. The van der Waals surface area contributed by atoms with Gasteiger partial charge in [0.15, 0.2) is 0 Å². The highest BCUT2D eigenvalue weighted by atomic mass is 32.2. The van der Waals surface area contributed by atoms with Gasteiger partial charge in [0.2, 0.25) is 0 Å². The van der Waals surface area contributed by atoms with Crippen LogP contribution in [-0.2, 0) is 6.42 Å². The number of aromatic nitrogens is 2. The first-order chi connectivity index (χ1) is 9.72. The molecule has 3 aromatic rings. The van der Waals surface area contributed by atoms with E-state index >= 15 is 0 Å². The van der Waals surface area contributed by atoms with Crippen molar-refractivity contribution in [3.8, 4) is 0 Å². The van der Waals surface area contributed by atoms with Crippen LogP contribution in [0.3, 0.4) is 0 Å². The summed E-state index contributed by atoms with van der Waals surface area (Å²) < 4.78 is 0. The number of hydrogen-bond donors (Lipinski definition) is 2. The summed E-state index contributed by atoms with van der Waals surface area (Å²) in [4.78, 5) is 9.26. The van der Waals surface area contributed by atoms with E-state index in [1.54, 1.807) is 0 Å². The quantitative estimate of drug-likeness (QED) is 0.566. The number of thioether (sulfide) groups is 1. The number of H-pyrrole nitrogens is 1. The van der Waals surface area contributed by atoms with E-state index in [4.69, 9.17) is 5.73 Å². The molecule has 102 valence electrons. The lowest BCUT2D eigenvalue weighted by Crippen LogP contribution is -1.91. The smallest absolute Gasteiger partial charge is 0.108 e. The van der Waals surface area contributed by atoms with E-state index in [9.17, 15) is 0 Å². The van der Waals surface area contributed by atoms with Crippen LogP contribution in [-0.4, -0.2) is 15.7 Å². The summed E-state index contributed by atoms with van der Waals surface area (Å²) >= 11 is 1.87. The number of hydrogen-bond acceptors (Lipinski definition) is 3. The first-order valence-corrected chi connectivity index (χ1v) is 7.63. The second kappa shape index (κ2) is 5.59. The van der Waals surface area contributed by atoms with Crippen molar-refractivity contribution in [2.75, 3.05) is 11.5 Å². The Morgan fingerprint density at radius 2 is 2.05 bits per heavy atom. The predicted molar refractivity (Wildman–Crippen MR) is 86.1 cm³/mol. The Labute approximate surface area is 122 Å². The summed E-state index contributed by atoms with van der Waals surface area (Å²) in [6, 6.07) is 14.2. The molecule has 0 atom stereocenters. The van der Waals surface area contributed by atoms with Crippen molar-refractivity contribution in [3.05, 3.63) is 53.9 Å². The summed E-state index contributed by atoms with van der Waals surface area (Å²) in [5.74, 6) is 2.03. The van der Waals surface area contributed by atoms with Crippen LogP contribution >= 0.6 is 11.8 Å². The lowest BCUT2D eigenvalue weighted by atomic mass is 10.2. The van der Waals surface area contributed by atoms with Crippen molar-refractivity contribution < 1.29 is 0 Å². The van der Waals surface area contributed by atoms with E-state index in [0.29, 0.717) is 0 Å². The number of aryl methyl sites for hydroxylation is 2. The van der Waals surface area contributed by atoms with Crippen LogP contribution in [0.2, 0.25) is 0 Å². The molecular formula is C16H17N3S. The highest BCUT2D eigenvalue weighted by Crippen LogP contribution is 2.23. The molecule has 0 spiro atoms. The molecule has 0 bridgehead atoms. The van der Waals surface area contributed by atoms with Gasteiger partial charge in [-0.25, -0.2) is 4.98 Å². The molecule has 20 heavy (non-hydrogen) atoms. The van der Waals surface area contributed by atoms with Gasteiger partial charge in [0, 0.05) is 22.8 Å². The Morgan fingerprint density at radius 1 is 1.20 bits per heavy atom. The first-order valence-electron chi connectivity index (χ1n) is 6.65. The van der Waals surface area contributed by atoms with Gasteiger partial charge in [0.05, 0.1) is 11.0 Å². The Morgan fingerprint density at radius 3 is 2.90 bits per heavy atom. The van der Waals surface area contributed by atoms with Crippen LogP contribution in [0.15, 0.2) is 47.4 Å². The molecule has 0 amide bonds. The molecule has 2 aromatic carbocycles. The van der Waals surface area contributed by atoms with Gasteiger partial charge in [-0.1, -0.05) is 18.2 Å². The number of nitrogens with zero attached hydrogens (tertiary/aromatic N) is 1. The van der Waals surface area contributed by atoms with E-state index in [0.717, 1.165) is 34.7 Å². The molecule has 3 nitrogen and oxygen atoms in total. The highest BCUT2D eigenvalue weighted by molar-refractivity contribution is 7.99. The maximum atomic E-state index is 5.77. The summed E-state index contributed by atoms with van der Waals surface area (Å²) in [6.45, 7) is 2.15. The normalized spacial score (nSPS) is 11.1. The number of nitrogen functional groups attached to an aromatic ring is 1. The molecule has 0 fully saturated rings. The molecule has 0 unspecified atom stereocenters. The average molecular weight is 283 g/mol. The minimum absolute atomic E-state index is 0.766. The standard InChI is InChI=1S/C16H17N3S/c1-11-4-2-3-5-15(11)20-9-8-16-18-13-7-6-12(17)10-14(13)19-16/h2-7,10H,8-9,17H2,1H3,(H,18,19). The second-order valence-electron chi connectivity index (χ2n) is 4.82. The molecule has 0 radical (unpaired) electrons. The first kappa shape index (κ1) is 13.1. The fourth-order valence-electron chi connectivity index (χ4n) is 2.17. The molecule has 0 aliphatic carbocycles. The lowest BCUT2D eigenvalue weighted by molar-refractivity contribution is 1.01. The number of nitrogens with two attached hydrogens (primary N) is 1. The van der Waals surface area contributed by atoms with E-state index < -0.39 is 0 Å². The fraction of sp³-hybridized carbons (Fsp3) is 0.188. The summed E-state index contributed by atoms with van der Waals surface area (Å²) in [7, 11) is 0. The third-order valence-electron chi connectivity index (χ3n) is 3.25. The van der Waals surface area contributed by atoms with Crippen LogP contribution < -0.4 is 5.73 Å². The van der Waals surface area contributed by atoms with Gasteiger partial charge in [0.1, 0.15) is 5.82 Å². The van der Waals surface area contributed by atoms with Gasteiger partial charge < -0.3 is 10.7 Å². The minimum Gasteiger partial charge on any atom is -0.399 e. The van der Waals surface area contributed by atoms with Crippen molar-refractivity contribution in [2.45, 2.75) is 18.2 Å². The number of fused-ring (bicyclic) bond motifs is 1. The topological polar surface area (TPSA) is 54.7 Å². The van der Waals surface area contributed by atoms with E-state index in [2.05, 4.69) is 41.2 Å². The molecular weight excluding hydrogens is 266 g/mol. The maximum Gasteiger partial charge on any atom is 0.108 e. The zero-order valence-corrected chi connectivity index (χ0v) is 12.2. The fourth-order valence-corrected chi connectivity index (χ4v) is 3.16. The number of nitrogens with one attached hydrogen (secondary N) is 1. The summed E-state index contributed by atoms with van der Waals surface area (Å²) in [6.07, 6.45) is 0.924. The summed E-state index contributed by atoms with van der Waals surface area (Å²) in [5, 5.41) is 0. The zero-order chi connectivity index (χ0) is 13.9. The largest absolute Gasteiger partial charge is 0.399 e. The number of benzene rings is 2. The van der Waals surface area contributed by atoms with Gasteiger partial charge in [-0.05, 0) is 36.8 Å². The minimum atomic E-state index is 0.766. The van der Waals surface area contributed by atoms with Crippen LogP contribution in [0.4, 0.5) is 5.69 Å². The third kappa shape index (κ3) is 2.80. The van der Waals surface area contributed by atoms with E-state index in [1.807, 2.05) is 30.0 Å². The van der Waals surface area contributed by atoms with Gasteiger partial charge in [-0.15, -0.1) is 11.8 Å². The average Bonchev–Trinajstić information content (AvgIpc) is 2.83. The van der Waals surface area contributed by atoms with Crippen molar-refractivity contribution in [1.29, 1.82) is 0 Å². The third-order valence-corrected chi connectivity index (χ3v) is 4.42. The Kier molecular flexibility index (Phi) is 3.65. The lowest BCUT2D eigenvalue weighted by Gasteiger charge is -2.03. The zero-order valence-electron chi connectivity index (χ0n) is 11.4. The van der Waals surface area contributed by atoms with Crippen LogP contribution in [0, 0.1) is 6.92 Å². The molecule has 0 aliphatic heterocycles. The van der Waals surface area contributed by atoms with Gasteiger partial charge >= 0.3 is 0 Å². The molecule has 3 rings (SSSR count). The van der Waals surface area contributed by atoms with Crippen LogP contribution in [0.1, 0.15) is 11.4 Å². The van der Waals surface area contributed by atoms with Crippen molar-refractivity contribution >= 4 is 28.5 Å². The second-order valence-corrected chi connectivity index (χ2v) is 5.96. The maximum absolute atomic E-state index is 5.77. The molecule has 1 heterocycles. The molecule has 1 aromatic heterocycles. The molecule has 3 N–H and O–H groups in total. The molecule has 0 aliphatic rings. The van der Waals surface area contributed by atoms with Crippen molar-refractivity contribution in [1.82, 2.24) is 9.97 Å². The van der Waals surface area contributed by atoms with Crippen LogP contribution in [0.25, 0.3) is 11.0 Å². The number of anilines is 1. The van der Waals surface area contributed by atoms with E-state index in [1.165, 1.54) is 10.5 Å². The van der Waals surface area contributed by atoms with Gasteiger partial charge in [-0.3, -0.25) is 0 Å². The van der Waals surface area contributed by atoms with Crippen LogP contribution in [0.5, 0.6) is 0 Å².